The first-order chi connectivity index (χ1) is 13.8. The molecule has 156 valence electrons. The molecule has 0 aromatic carbocycles. The third kappa shape index (κ3) is 6.26. The summed E-state index contributed by atoms with van der Waals surface area (Å²) in [6.45, 7) is 10.1. The lowest BCUT2D eigenvalue weighted by Gasteiger charge is -2.35. The van der Waals surface area contributed by atoms with Crippen LogP contribution in [0.1, 0.15) is 32.6 Å². The fourth-order valence-corrected chi connectivity index (χ4v) is 4.09. The zero-order valence-corrected chi connectivity index (χ0v) is 17.3. The third-order valence-electron chi connectivity index (χ3n) is 5.75. The maximum absolute atomic E-state index is 12.5. The Morgan fingerprint density at radius 1 is 1.04 bits per heavy atom. The SMILES string of the molecule is CCNC(=NCCN1CCN(C(=O)C2CCCC2)CC1)NCCn1cccc1. The normalized spacial score (nSPS) is 19.2. The first kappa shape index (κ1) is 20.7. The molecule has 1 saturated heterocycles. The lowest BCUT2D eigenvalue weighted by Crippen LogP contribution is -2.50. The van der Waals surface area contributed by atoms with E-state index in [1.54, 1.807) is 0 Å². The van der Waals surface area contributed by atoms with Gasteiger partial charge in [-0.1, -0.05) is 12.8 Å². The Kier molecular flexibility index (Phi) is 8.21. The fraction of sp³-hybridized carbons (Fsp3) is 0.714. The smallest absolute Gasteiger partial charge is 0.225 e. The average molecular weight is 389 g/mol. The first-order valence-electron chi connectivity index (χ1n) is 10.9. The van der Waals surface area contributed by atoms with E-state index in [0.29, 0.717) is 11.8 Å². The summed E-state index contributed by atoms with van der Waals surface area (Å²) in [5, 5.41) is 6.71. The van der Waals surface area contributed by atoms with Gasteiger partial charge in [0.05, 0.1) is 6.54 Å². The van der Waals surface area contributed by atoms with E-state index < -0.39 is 0 Å². The number of carbonyl (C=O) groups is 1. The highest BCUT2D eigenvalue weighted by Gasteiger charge is 2.29. The monoisotopic (exact) mass is 388 g/mol. The van der Waals surface area contributed by atoms with Crippen LogP contribution in [0.2, 0.25) is 0 Å². The van der Waals surface area contributed by atoms with Gasteiger partial charge in [-0.25, -0.2) is 0 Å². The number of guanidine groups is 1. The Bertz CT molecular complexity index is 600. The molecule has 0 atom stereocenters. The molecule has 1 aromatic heterocycles. The van der Waals surface area contributed by atoms with Crippen LogP contribution in [0.4, 0.5) is 0 Å². The second-order valence-corrected chi connectivity index (χ2v) is 7.76. The minimum Gasteiger partial charge on any atom is -0.357 e. The quantitative estimate of drug-likeness (QED) is 0.522. The van der Waals surface area contributed by atoms with E-state index in [-0.39, 0.29) is 0 Å². The number of piperazine rings is 1. The third-order valence-corrected chi connectivity index (χ3v) is 5.75. The molecule has 1 aliphatic heterocycles. The summed E-state index contributed by atoms with van der Waals surface area (Å²) in [5.41, 5.74) is 0. The highest BCUT2D eigenvalue weighted by molar-refractivity contribution is 5.80. The van der Waals surface area contributed by atoms with Gasteiger partial charge in [-0.2, -0.15) is 0 Å². The summed E-state index contributed by atoms with van der Waals surface area (Å²) in [5.74, 6) is 1.58. The van der Waals surface area contributed by atoms with Crippen molar-refractivity contribution >= 4 is 11.9 Å². The lowest BCUT2D eigenvalue weighted by atomic mass is 10.1. The highest BCUT2D eigenvalue weighted by Crippen LogP contribution is 2.26. The van der Waals surface area contributed by atoms with Gasteiger partial charge in [-0.3, -0.25) is 14.7 Å². The Morgan fingerprint density at radius 2 is 1.75 bits per heavy atom. The first-order valence-corrected chi connectivity index (χ1v) is 10.9. The number of carbonyl (C=O) groups excluding carboxylic acids is 1. The van der Waals surface area contributed by atoms with Crippen LogP contribution < -0.4 is 10.6 Å². The molecule has 1 saturated carbocycles. The van der Waals surface area contributed by atoms with Crippen LogP contribution in [-0.2, 0) is 11.3 Å². The van der Waals surface area contributed by atoms with Gasteiger partial charge < -0.3 is 20.1 Å². The zero-order valence-electron chi connectivity index (χ0n) is 17.3. The second kappa shape index (κ2) is 11.1. The molecule has 1 amide bonds. The van der Waals surface area contributed by atoms with Crippen LogP contribution >= 0.6 is 0 Å². The Morgan fingerprint density at radius 3 is 2.43 bits per heavy atom. The zero-order chi connectivity index (χ0) is 19.6. The van der Waals surface area contributed by atoms with Crippen LogP contribution in [-0.4, -0.2) is 78.6 Å². The van der Waals surface area contributed by atoms with E-state index in [2.05, 4.69) is 44.3 Å². The Labute approximate surface area is 169 Å². The summed E-state index contributed by atoms with van der Waals surface area (Å²) >= 11 is 0. The molecular weight excluding hydrogens is 352 g/mol. The maximum atomic E-state index is 12.5. The van der Waals surface area contributed by atoms with Gasteiger partial charge in [0.15, 0.2) is 5.96 Å². The number of hydrogen-bond donors (Lipinski definition) is 2. The molecule has 28 heavy (non-hydrogen) atoms. The van der Waals surface area contributed by atoms with E-state index in [9.17, 15) is 4.79 Å². The molecule has 7 heteroatoms. The van der Waals surface area contributed by atoms with Gasteiger partial charge >= 0.3 is 0 Å². The van der Waals surface area contributed by atoms with E-state index in [4.69, 9.17) is 4.99 Å². The van der Waals surface area contributed by atoms with Crippen LogP contribution in [0.25, 0.3) is 0 Å². The predicted molar refractivity (Wildman–Crippen MR) is 113 cm³/mol. The molecule has 0 radical (unpaired) electrons. The Hall–Kier alpha value is -2.02. The predicted octanol–water partition coefficient (Wildman–Crippen LogP) is 1.38. The van der Waals surface area contributed by atoms with Gasteiger partial charge in [0.1, 0.15) is 0 Å². The van der Waals surface area contributed by atoms with Crippen molar-refractivity contribution in [2.45, 2.75) is 39.2 Å². The minimum atomic E-state index is 0.302. The molecule has 0 bridgehead atoms. The molecular formula is C21H36N6O. The number of nitrogens with zero attached hydrogens (tertiary/aromatic N) is 4. The van der Waals surface area contributed by atoms with Gasteiger partial charge in [-0.15, -0.1) is 0 Å². The number of aromatic nitrogens is 1. The molecule has 0 spiro atoms. The summed E-state index contributed by atoms with van der Waals surface area (Å²) in [6, 6.07) is 4.08. The van der Waals surface area contributed by atoms with Crippen molar-refractivity contribution in [1.82, 2.24) is 25.0 Å². The summed E-state index contributed by atoms with van der Waals surface area (Å²) in [7, 11) is 0. The van der Waals surface area contributed by atoms with E-state index in [1.165, 1.54) is 12.8 Å². The molecule has 7 nitrogen and oxygen atoms in total. The second-order valence-electron chi connectivity index (χ2n) is 7.76. The van der Waals surface area contributed by atoms with E-state index in [0.717, 1.165) is 77.7 Å². The largest absolute Gasteiger partial charge is 0.357 e. The van der Waals surface area contributed by atoms with Crippen molar-refractivity contribution in [1.29, 1.82) is 0 Å². The molecule has 3 rings (SSSR count). The van der Waals surface area contributed by atoms with Gasteiger partial charge in [0.2, 0.25) is 5.91 Å². The average Bonchev–Trinajstić information content (AvgIpc) is 3.42. The van der Waals surface area contributed by atoms with Gasteiger partial charge in [0.25, 0.3) is 0 Å². The molecule has 2 aliphatic rings. The molecule has 1 aliphatic carbocycles. The molecule has 1 aromatic rings. The van der Waals surface area contributed by atoms with E-state index >= 15 is 0 Å². The maximum Gasteiger partial charge on any atom is 0.225 e. The Balaban J connectivity index is 1.34. The van der Waals surface area contributed by atoms with Gasteiger partial charge in [-0.05, 0) is 31.9 Å². The minimum absolute atomic E-state index is 0.302. The highest BCUT2D eigenvalue weighted by atomic mass is 16.2. The summed E-state index contributed by atoms with van der Waals surface area (Å²) in [4.78, 5) is 21.7. The summed E-state index contributed by atoms with van der Waals surface area (Å²) in [6.07, 6.45) is 8.78. The lowest BCUT2D eigenvalue weighted by molar-refractivity contribution is -0.137. The van der Waals surface area contributed by atoms with E-state index in [1.807, 2.05) is 12.1 Å². The van der Waals surface area contributed by atoms with Crippen LogP contribution in [0.3, 0.4) is 0 Å². The molecule has 0 unspecified atom stereocenters. The number of rotatable bonds is 8. The van der Waals surface area contributed by atoms with Crippen molar-refractivity contribution in [3.8, 4) is 0 Å². The summed E-state index contributed by atoms with van der Waals surface area (Å²) < 4.78 is 2.16. The van der Waals surface area contributed by atoms with Crippen molar-refractivity contribution in [3.05, 3.63) is 24.5 Å². The van der Waals surface area contributed by atoms with Crippen LogP contribution in [0, 0.1) is 5.92 Å². The molecule has 2 fully saturated rings. The molecule has 2 heterocycles. The van der Waals surface area contributed by atoms with Crippen LogP contribution in [0.15, 0.2) is 29.5 Å². The number of hydrogen-bond acceptors (Lipinski definition) is 3. The van der Waals surface area contributed by atoms with Crippen molar-refractivity contribution in [2.24, 2.45) is 10.9 Å². The fourth-order valence-electron chi connectivity index (χ4n) is 4.09. The number of nitrogens with one attached hydrogen (secondary N) is 2. The topological polar surface area (TPSA) is 64.9 Å². The van der Waals surface area contributed by atoms with Crippen LogP contribution in [0.5, 0.6) is 0 Å². The molecule has 2 N–H and O–H groups in total. The van der Waals surface area contributed by atoms with Gasteiger partial charge in [0, 0.05) is 70.7 Å². The number of aliphatic imine (C=N–C) groups is 1. The van der Waals surface area contributed by atoms with Crippen molar-refractivity contribution in [2.75, 3.05) is 52.4 Å². The van der Waals surface area contributed by atoms with Crippen molar-refractivity contribution in [3.63, 3.8) is 0 Å². The number of amides is 1. The standard InChI is InChI=1S/C21H36N6O/c1-2-22-21(23-9-13-25-11-5-6-12-25)24-10-14-26-15-17-27(18-16-26)20(28)19-7-3-4-8-19/h5-6,11-12,19H,2-4,7-10,13-18H2,1H3,(H2,22,23,24). The van der Waals surface area contributed by atoms with Crippen molar-refractivity contribution < 1.29 is 4.79 Å².